The van der Waals surface area contributed by atoms with E-state index in [0.29, 0.717) is 10.2 Å². The number of rotatable bonds is 3. The van der Waals surface area contributed by atoms with Crippen LogP contribution in [0.15, 0.2) is 41.3 Å². The Morgan fingerprint density at radius 3 is 2.55 bits per heavy atom. The van der Waals surface area contributed by atoms with Gasteiger partial charge in [-0.25, -0.2) is 0 Å². The minimum atomic E-state index is -4.43. The van der Waals surface area contributed by atoms with Crippen molar-refractivity contribution in [2.24, 2.45) is 0 Å². The van der Waals surface area contributed by atoms with Crippen LogP contribution in [0.3, 0.4) is 0 Å². The van der Waals surface area contributed by atoms with Gasteiger partial charge in [0.05, 0.1) is 23.5 Å². The molecule has 3 nitrogen and oxygen atoms in total. The van der Waals surface area contributed by atoms with E-state index in [9.17, 15) is 13.2 Å². The molecule has 0 saturated carbocycles. The zero-order valence-electron chi connectivity index (χ0n) is 10.4. The van der Waals surface area contributed by atoms with Crippen molar-refractivity contribution in [2.45, 2.75) is 12.2 Å². The summed E-state index contributed by atoms with van der Waals surface area (Å²) in [5.74, 6) is 0. The van der Waals surface area contributed by atoms with E-state index in [1.54, 1.807) is 13.1 Å². The highest BCUT2D eigenvalue weighted by Gasteiger charge is 2.35. The number of halogens is 4. The van der Waals surface area contributed by atoms with E-state index in [1.165, 1.54) is 24.7 Å². The maximum atomic E-state index is 13.2. The van der Waals surface area contributed by atoms with Gasteiger partial charge in [-0.05, 0) is 24.7 Å². The van der Waals surface area contributed by atoms with E-state index < -0.39 is 17.8 Å². The van der Waals surface area contributed by atoms with Gasteiger partial charge in [0.15, 0.2) is 0 Å². The molecule has 1 heterocycles. The van der Waals surface area contributed by atoms with E-state index in [1.807, 2.05) is 0 Å². The lowest BCUT2D eigenvalue weighted by Gasteiger charge is -2.21. The predicted octanol–water partition coefficient (Wildman–Crippen LogP) is 3.57. The topological polar surface area (TPSA) is 37.8 Å². The number of hydrogen-bond acceptors (Lipinski definition) is 3. The maximum absolute atomic E-state index is 13.2. The van der Waals surface area contributed by atoms with Gasteiger partial charge in [-0.1, -0.05) is 22.0 Å². The Balaban J connectivity index is 2.56. The minimum Gasteiger partial charge on any atom is -0.308 e. The van der Waals surface area contributed by atoms with Crippen LogP contribution in [0.1, 0.15) is 22.9 Å². The van der Waals surface area contributed by atoms with Crippen molar-refractivity contribution >= 4 is 15.9 Å². The van der Waals surface area contributed by atoms with Crippen molar-refractivity contribution in [1.82, 2.24) is 15.3 Å². The highest BCUT2D eigenvalue weighted by Crippen LogP contribution is 2.37. The molecule has 0 bridgehead atoms. The monoisotopic (exact) mass is 345 g/mol. The SMILES string of the molecule is CNC(c1cnccn1)c1ccc(Br)cc1C(F)(F)F. The van der Waals surface area contributed by atoms with Gasteiger partial charge in [0, 0.05) is 16.9 Å². The van der Waals surface area contributed by atoms with Crippen LogP contribution in [0.2, 0.25) is 0 Å². The fraction of sp³-hybridized carbons (Fsp3) is 0.231. The normalized spacial score (nSPS) is 13.2. The molecule has 7 heteroatoms. The van der Waals surface area contributed by atoms with Crippen molar-refractivity contribution in [2.75, 3.05) is 7.05 Å². The van der Waals surface area contributed by atoms with Crippen LogP contribution in [0.4, 0.5) is 13.2 Å². The molecule has 0 amide bonds. The van der Waals surface area contributed by atoms with Crippen LogP contribution in [0, 0.1) is 0 Å². The van der Waals surface area contributed by atoms with E-state index in [0.717, 1.165) is 6.07 Å². The summed E-state index contributed by atoms with van der Waals surface area (Å²) in [6.45, 7) is 0. The highest BCUT2D eigenvalue weighted by atomic mass is 79.9. The smallest absolute Gasteiger partial charge is 0.308 e. The molecule has 0 aliphatic carbocycles. The van der Waals surface area contributed by atoms with Gasteiger partial charge in [-0.3, -0.25) is 9.97 Å². The first kappa shape index (κ1) is 14.9. The molecular weight excluding hydrogens is 335 g/mol. The van der Waals surface area contributed by atoms with Gasteiger partial charge in [-0.2, -0.15) is 13.2 Å². The molecule has 0 fully saturated rings. The Morgan fingerprint density at radius 1 is 1.25 bits per heavy atom. The Labute approximate surface area is 122 Å². The first-order valence-corrected chi connectivity index (χ1v) is 6.52. The summed E-state index contributed by atoms with van der Waals surface area (Å²) in [6, 6.07) is 3.40. The summed E-state index contributed by atoms with van der Waals surface area (Å²) < 4.78 is 39.8. The molecule has 20 heavy (non-hydrogen) atoms. The minimum absolute atomic E-state index is 0.115. The fourth-order valence-corrected chi connectivity index (χ4v) is 2.31. The summed E-state index contributed by atoms with van der Waals surface area (Å²) in [5, 5.41) is 2.85. The van der Waals surface area contributed by atoms with E-state index in [4.69, 9.17) is 0 Å². The predicted molar refractivity (Wildman–Crippen MR) is 72.1 cm³/mol. The van der Waals surface area contributed by atoms with Gasteiger partial charge in [-0.15, -0.1) is 0 Å². The highest BCUT2D eigenvalue weighted by molar-refractivity contribution is 9.10. The first-order chi connectivity index (χ1) is 9.43. The number of aromatic nitrogens is 2. The third-order valence-corrected chi connectivity index (χ3v) is 3.29. The lowest BCUT2D eigenvalue weighted by Crippen LogP contribution is -2.23. The summed E-state index contributed by atoms with van der Waals surface area (Å²) in [4.78, 5) is 7.96. The molecule has 0 saturated heterocycles. The van der Waals surface area contributed by atoms with Gasteiger partial charge < -0.3 is 5.32 Å². The molecular formula is C13H11BrF3N3. The summed E-state index contributed by atoms with van der Waals surface area (Å²) in [7, 11) is 1.58. The third-order valence-electron chi connectivity index (χ3n) is 2.80. The molecule has 2 rings (SSSR count). The number of nitrogens with one attached hydrogen (secondary N) is 1. The van der Waals surface area contributed by atoms with E-state index >= 15 is 0 Å². The fourth-order valence-electron chi connectivity index (χ4n) is 1.95. The lowest BCUT2D eigenvalue weighted by atomic mass is 9.98. The second-order valence-corrected chi connectivity index (χ2v) is 5.00. The van der Waals surface area contributed by atoms with Crippen LogP contribution in [-0.2, 0) is 6.18 Å². The zero-order chi connectivity index (χ0) is 14.8. The molecule has 1 atom stereocenters. The second kappa shape index (κ2) is 5.88. The summed E-state index contributed by atoms with van der Waals surface area (Å²) in [5.41, 5.74) is -0.150. The standard InChI is InChI=1S/C13H11BrF3N3/c1-18-12(11-7-19-4-5-20-11)9-3-2-8(14)6-10(9)13(15,16)17/h2-7,12,18H,1H3. The molecule has 106 valence electrons. The summed E-state index contributed by atoms with van der Waals surface area (Å²) in [6.07, 6.45) is -0.0615. The number of nitrogens with zero attached hydrogens (tertiary/aromatic N) is 2. The molecule has 0 radical (unpaired) electrons. The van der Waals surface area contributed by atoms with Gasteiger partial charge in [0.1, 0.15) is 0 Å². The van der Waals surface area contributed by atoms with Crippen molar-refractivity contribution in [3.63, 3.8) is 0 Å². The van der Waals surface area contributed by atoms with Crippen molar-refractivity contribution < 1.29 is 13.2 Å². The van der Waals surface area contributed by atoms with Crippen LogP contribution in [0.5, 0.6) is 0 Å². The Bertz CT molecular complexity index is 587. The average Bonchev–Trinajstić information content (AvgIpc) is 2.41. The zero-order valence-corrected chi connectivity index (χ0v) is 12.0. The van der Waals surface area contributed by atoms with Crippen molar-refractivity contribution in [3.05, 3.63) is 58.1 Å². The quantitative estimate of drug-likeness (QED) is 0.924. The molecule has 0 spiro atoms. The van der Waals surface area contributed by atoms with Gasteiger partial charge >= 0.3 is 6.18 Å². The maximum Gasteiger partial charge on any atom is 0.416 e. The summed E-state index contributed by atoms with van der Waals surface area (Å²) >= 11 is 3.07. The van der Waals surface area contributed by atoms with E-state index in [-0.39, 0.29) is 5.56 Å². The lowest BCUT2D eigenvalue weighted by molar-refractivity contribution is -0.138. The Morgan fingerprint density at radius 2 is 2.00 bits per heavy atom. The van der Waals surface area contributed by atoms with Crippen molar-refractivity contribution in [3.8, 4) is 0 Å². The van der Waals surface area contributed by atoms with E-state index in [2.05, 4.69) is 31.2 Å². The molecule has 1 unspecified atom stereocenters. The Kier molecular flexibility index (Phi) is 4.39. The molecule has 1 N–H and O–H groups in total. The number of alkyl halides is 3. The number of benzene rings is 1. The molecule has 2 aromatic rings. The van der Waals surface area contributed by atoms with Gasteiger partial charge in [0.25, 0.3) is 0 Å². The molecule has 1 aromatic heterocycles. The third kappa shape index (κ3) is 3.16. The Hall–Kier alpha value is -1.47. The number of hydrogen-bond donors (Lipinski definition) is 1. The van der Waals surface area contributed by atoms with Crippen molar-refractivity contribution in [1.29, 1.82) is 0 Å². The first-order valence-electron chi connectivity index (χ1n) is 5.73. The molecule has 0 aliphatic rings. The van der Waals surface area contributed by atoms with Crippen LogP contribution in [0.25, 0.3) is 0 Å². The van der Waals surface area contributed by atoms with Crippen LogP contribution in [-0.4, -0.2) is 17.0 Å². The van der Waals surface area contributed by atoms with Gasteiger partial charge in [0.2, 0.25) is 0 Å². The average molecular weight is 346 g/mol. The van der Waals surface area contributed by atoms with Crippen LogP contribution < -0.4 is 5.32 Å². The second-order valence-electron chi connectivity index (χ2n) is 4.08. The largest absolute Gasteiger partial charge is 0.416 e. The molecule has 1 aromatic carbocycles. The van der Waals surface area contributed by atoms with Crippen LogP contribution >= 0.6 is 15.9 Å². The molecule has 0 aliphatic heterocycles.